The van der Waals surface area contributed by atoms with E-state index in [1.807, 2.05) is 0 Å². The highest BCUT2D eigenvalue weighted by Crippen LogP contribution is 2.24. The maximum atomic E-state index is 11.7. The number of rotatable bonds is 9. The topological polar surface area (TPSA) is 110 Å². The predicted molar refractivity (Wildman–Crippen MR) is 68.5 cm³/mol. The highest BCUT2D eigenvalue weighted by Gasteiger charge is 2.30. The highest BCUT2D eigenvalue weighted by atomic mass is 16.6. The number of hydrogen-bond acceptors (Lipinski definition) is 6. The first-order valence-corrected chi connectivity index (χ1v) is 6.45. The second-order valence-electron chi connectivity index (χ2n) is 4.63. The van der Waals surface area contributed by atoms with E-state index in [0.717, 1.165) is 0 Å². The highest BCUT2D eigenvalue weighted by molar-refractivity contribution is 5.77. The first kappa shape index (κ1) is 18.4. The molecule has 0 rings (SSSR count). The van der Waals surface area contributed by atoms with Crippen LogP contribution in [0.2, 0.25) is 0 Å². The molecule has 0 spiro atoms. The van der Waals surface area contributed by atoms with Gasteiger partial charge in [-0.05, 0) is 19.3 Å². The Morgan fingerprint density at radius 3 is 2.10 bits per heavy atom. The van der Waals surface area contributed by atoms with E-state index in [-0.39, 0.29) is 12.8 Å². The molecule has 0 aliphatic carbocycles. The zero-order chi connectivity index (χ0) is 15.7. The Bertz CT molecular complexity index is 340. The van der Waals surface area contributed by atoms with E-state index in [2.05, 4.69) is 9.47 Å². The zero-order valence-electron chi connectivity index (χ0n) is 12.0. The molecule has 0 saturated heterocycles. The van der Waals surface area contributed by atoms with Gasteiger partial charge in [-0.3, -0.25) is 14.4 Å². The molecule has 20 heavy (non-hydrogen) atoms. The van der Waals surface area contributed by atoms with Crippen LogP contribution in [-0.4, -0.2) is 42.0 Å². The number of hydrogen-bond donors (Lipinski definition) is 2. The molecule has 0 heterocycles. The molecule has 0 aliphatic heterocycles. The summed E-state index contributed by atoms with van der Waals surface area (Å²) in [5, 5.41) is 17.7. The zero-order valence-corrected chi connectivity index (χ0v) is 12.0. The molecule has 0 fully saturated rings. The number of methoxy groups -OCH3 is 1. The number of ether oxygens (including phenoxy) is 2. The second kappa shape index (κ2) is 9.30. The smallest absolute Gasteiger partial charge is 0.311 e. The summed E-state index contributed by atoms with van der Waals surface area (Å²) < 4.78 is 9.09. The molecule has 0 aromatic carbocycles. The number of aliphatic carboxylic acids is 1. The Morgan fingerprint density at radius 1 is 1.10 bits per heavy atom. The van der Waals surface area contributed by atoms with Crippen LogP contribution in [0.5, 0.6) is 0 Å². The monoisotopic (exact) mass is 290 g/mol. The maximum absolute atomic E-state index is 11.7. The van der Waals surface area contributed by atoms with Crippen LogP contribution in [0.25, 0.3) is 0 Å². The third-order valence-corrected chi connectivity index (χ3v) is 3.19. The van der Waals surface area contributed by atoms with Crippen molar-refractivity contribution in [2.75, 3.05) is 13.9 Å². The lowest BCUT2D eigenvalue weighted by molar-refractivity contribution is -0.159. The number of carbonyl (C=O) groups is 3. The van der Waals surface area contributed by atoms with Crippen molar-refractivity contribution in [2.45, 2.75) is 33.1 Å². The molecule has 116 valence electrons. The third kappa shape index (κ3) is 6.01. The Balaban J connectivity index is 4.84. The number of carboxylic acids is 1. The van der Waals surface area contributed by atoms with Gasteiger partial charge in [-0.1, -0.05) is 13.8 Å². The summed E-state index contributed by atoms with van der Waals surface area (Å²) in [4.78, 5) is 34.1. The largest absolute Gasteiger partial charge is 0.481 e. The molecule has 7 nitrogen and oxygen atoms in total. The maximum Gasteiger partial charge on any atom is 0.311 e. The fourth-order valence-corrected chi connectivity index (χ4v) is 1.98. The van der Waals surface area contributed by atoms with Gasteiger partial charge in [-0.2, -0.15) is 0 Å². The molecular weight excluding hydrogens is 268 g/mol. The van der Waals surface area contributed by atoms with Crippen LogP contribution < -0.4 is 0 Å². The number of aliphatic hydroxyl groups is 1. The van der Waals surface area contributed by atoms with Crippen molar-refractivity contribution >= 4 is 17.9 Å². The van der Waals surface area contributed by atoms with E-state index in [9.17, 15) is 14.4 Å². The molecule has 0 amide bonds. The molecule has 0 saturated carbocycles. The van der Waals surface area contributed by atoms with Gasteiger partial charge < -0.3 is 19.7 Å². The Morgan fingerprint density at radius 2 is 1.70 bits per heavy atom. The van der Waals surface area contributed by atoms with Crippen molar-refractivity contribution in [1.82, 2.24) is 0 Å². The van der Waals surface area contributed by atoms with Gasteiger partial charge in [0.05, 0.1) is 24.9 Å². The molecule has 0 radical (unpaired) electrons. The fraction of sp³-hybridized carbons (Fsp3) is 0.769. The minimum absolute atomic E-state index is 0.0615. The predicted octanol–water partition coefficient (Wildman–Crippen LogP) is 0.796. The first-order valence-electron chi connectivity index (χ1n) is 6.45. The third-order valence-electron chi connectivity index (χ3n) is 3.19. The van der Waals surface area contributed by atoms with E-state index < -0.39 is 42.5 Å². The lowest BCUT2D eigenvalue weighted by atomic mass is 9.86. The lowest BCUT2D eigenvalue weighted by Gasteiger charge is -2.20. The van der Waals surface area contributed by atoms with Crippen LogP contribution in [-0.2, 0) is 23.9 Å². The van der Waals surface area contributed by atoms with Crippen molar-refractivity contribution < 1.29 is 34.1 Å². The van der Waals surface area contributed by atoms with E-state index in [1.54, 1.807) is 13.8 Å². The molecule has 3 unspecified atom stereocenters. The van der Waals surface area contributed by atoms with E-state index in [1.165, 1.54) is 7.11 Å². The summed E-state index contributed by atoms with van der Waals surface area (Å²) >= 11 is 0. The Kier molecular flexibility index (Phi) is 8.54. The quantitative estimate of drug-likeness (QED) is 0.477. The molecule has 0 aromatic heterocycles. The number of aliphatic hydroxyl groups excluding tert-OH is 1. The van der Waals surface area contributed by atoms with Crippen molar-refractivity contribution in [2.24, 2.45) is 17.8 Å². The molecule has 3 atom stereocenters. The second-order valence-corrected chi connectivity index (χ2v) is 4.63. The summed E-state index contributed by atoms with van der Waals surface area (Å²) in [6.07, 6.45) is 0.548. The van der Waals surface area contributed by atoms with Gasteiger partial charge in [-0.25, -0.2) is 0 Å². The number of carboxylic acid groups (broad SMARTS) is 1. The van der Waals surface area contributed by atoms with E-state index in [4.69, 9.17) is 10.2 Å². The van der Waals surface area contributed by atoms with Crippen molar-refractivity contribution in [3.05, 3.63) is 0 Å². The summed E-state index contributed by atoms with van der Waals surface area (Å²) in [6, 6.07) is 0. The van der Waals surface area contributed by atoms with Crippen LogP contribution in [0.1, 0.15) is 33.1 Å². The van der Waals surface area contributed by atoms with Crippen LogP contribution in [0.15, 0.2) is 0 Å². The summed E-state index contributed by atoms with van der Waals surface area (Å²) in [7, 11) is 1.24. The van der Waals surface area contributed by atoms with Crippen LogP contribution in [0.4, 0.5) is 0 Å². The van der Waals surface area contributed by atoms with Gasteiger partial charge in [0.15, 0.2) is 6.79 Å². The minimum Gasteiger partial charge on any atom is -0.481 e. The number of carbonyl (C=O) groups excluding carboxylic acids is 2. The fourth-order valence-electron chi connectivity index (χ4n) is 1.98. The summed E-state index contributed by atoms with van der Waals surface area (Å²) in [5.41, 5.74) is 0. The lowest BCUT2D eigenvalue weighted by Crippen LogP contribution is -2.28. The molecule has 0 aromatic rings. The summed E-state index contributed by atoms with van der Waals surface area (Å²) in [6.45, 7) is 2.52. The van der Waals surface area contributed by atoms with E-state index in [0.29, 0.717) is 6.42 Å². The standard InChI is InChI=1S/C13H22O7/c1-4-9(11(15)16)6-10(13(18)20-7-14)5-8(2)12(17)19-3/h8-10,14H,4-7H2,1-3H3,(H,15,16). The molecule has 7 heteroatoms. The van der Waals surface area contributed by atoms with Gasteiger partial charge >= 0.3 is 17.9 Å². The van der Waals surface area contributed by atoms with Gasteiger partial charge in [0.2, 0.25) is 0 Å². The van der Waals surface area contributed by atoms with Crippen LogP contribution in [0.3, 0.4) is 0 Å². The average molecular weight is 290 g/mol. The van der Waals surface area contributed by atoms with Crippen LogP contribution in [0, 0.1) is 17.8 Å². The van der Waals surface area contributed by atoms with Gasteiger partial charge in [0.1, 0.15) is 0 Å². The molecule has 0 bridgehead atoms. The van der Waals surface area contributed by atoms with Gasteiger partial charge in [-0.15, -0.1) is 0 Å². The minimum atomic E-state index is -1.000. The van der Waals surface area contributed by atoms with E-state index >= 15 is 0 Å². The van der Waals surface area contributed by atoms with Gasteiger partial charge in [0.25, 0.3) is 0 Å². The Hall–Kier alpha value is -1.63. The number of esters is 2. The normalized spacial score (nSPS) is 15.0. The van der Waals surface area contributed by atoms with Crippen molar-refractivity contribution in [3.8, 4) is 0 Å². The van der Waals surface area contributed by atoms with Crippen molar-refractivity contribution in [1.29, 1.82) is 0 Å². The summed E-state index contributed by atoms with van der Waals surface area (Å²) in [5.74, 6) is -4.20. The van der Waals surface area contributed by atoms with Gasteiger partial charge in [0, 0.05) is 0 Å². The molecule has 0 aliphatic rings. The van der Waals surface area contributed by atoms with Crippen molar-refractivity contribution in [3.63, 3.8) is 0 Å². The average Bonchev–Trinajstić information content (AvgIpc) is 2.41. The SMILES string of the molecule is CCC(CC(CC(C)C(=O)OC)C(=O)OCO)C(=O)O. The first-order chi connectivity index (χ1) is 9.37. The van der Waals surface area contributed by atoms with Crippen LogP contribution >= 0.6 is 0 Å². The Labute approximate surface area is 117 Å². The molecular formula is C13H22O7. The molecule has 2 N–H and O–H groups in total.